The molecule has 0 aliphatic rings. The monoisotopic (exact) mass is 254 g/mol. The molecular weight excluding hydrogens is 244 g/mol. The average Bonchev–Trinajstić information content (AvgIpc) is 1.59. The average molecular weight is 256 g/mol. The Labute approximate surface area is 74.0 Å². The molecule has 1 atom stereocenters. The first-order chi connectivity index (χ1) is 3.92. The van der Waals surface area contributed by atoms with E-state index in [0.29, 0.717) is 4.83 Å². The molecule has 0 bridgehead atoms. The van der Waals surface area contributed by atoms with Crippen LogP contribution in [0.1, 0.15) is 20.8 Å². The highest BCUT2D eigenvalue weighted by Gasteiger charge is 2.05. The molecule has 0 aromatic carbocycles. The quantitative estimate of drug-likeness (QED) is 0.524. The molecule has 0 rings (SSSR count). The van der Waals surface area contributed by atoms with Crippen LogP contribution in [-0.2, 0) is 0 Å². The molecular formula is C7H12Br2. The summed E-state index contributed by atoms with van der Waals surface area (Å²) < 4.78 is 0.134. The van der Waals surface area contributed by atoms with Gasteiger partial charge in [0, 0.05) is 9.15 Å². The van der Waals surface area contributed by atoms with Crippen LogP contribution in [0.2, 0.25) is 0 Å². The maximum atomic E-state index is 3.50. The smallest absolute Gasteiger partial charge is 0.0380 e. The first-order valence-corrected chi connectivity index (χ1v) is 4.65. The predicted molar refractivity (Wildman–Crippen MR) is 50.5 cm³/mol. The lowest BCUT2D eigenvalue weighted by molar-refractivity contribution is 0.914. The molecule has 0 saturated carbocycles. The largest absolute Gasteiger partial charge is 0.0848 e. The van der Waals surface area contributed by atoms with Gasteiger partial charge >= 0.3 is 0 Å². The highest BCUT2D eigenvalue weighted by Crippen LogP contribution is 2.18. The second-order valence-corrected chi connectivity index (χ2v) is 6.09. The molecule has 54 valence electrons. The fourth-order valence-corrected chi connectivity index (χ4v) is 0.667. The van der Waals surface area contributed by atoms with Crippen molar-refractivity contribution in [1.82, 2.24) is 0 Å². The van der Waals surface area contributed by atoms with Gasteiger partial charge in [-0.05, 0) is 20.8 Å². The van der Waals surface area contributed by atoms with Gasteiger partial charge in [-0.25, -0.2) is 0 Å². The van der Waals surface area contributed by atoms with Gasteiger partial charge in [-0.2, -0.15) is 0 Å². The molecule has 1 unspecified atom stereocenters. The summed E-state index contributed by atoms with van der Waals surface area (Å²) in [7, 11) is 0. The second-order valence-electron chi connectivity index (χ2n) is 2.60. The van der Waals surface area contributed by atoms with Gasteiger partial charge in [-0.15, -0.1) is 0 Å². The summed E-state index contributed by atoms with van der Waals surface area (Å²) >= 11 is 6.92. The van der Waals surface area contributed by atoms with Crippen molar-refractivity contribution in [2.24, 2.45) is 0 Å². The van der Waals surface area contributed by atoms with Gasteiger partial charge in [0.2, 0.25) is 0 Å². The van der Waals surface area contributed by atoms with E-state index in [1.165, 1.54) is 0 Å². The molecule has 0 saturated heterocycles. The minimum atomic E-state index is 0.134. The maximum Gasteiger partial charge on any atom is 0.0380 e. The van der Waals surface area contributed by atoms with Crippen LogP contribution >= 0.6 is 31.9 Å². The van der Waals surface area contributed by atoms with Crippen molar-refractivity contribution in [2.75, 3.05) is 0 Å². The summed E-state index contributed by atoms with van der Waals surface area (Å²) in [6, 6.07) is 0. The van der Waals surface area contributed by atoms with Crippen LogP contribution in [0.3, 0.4) is 0 Å². The lowest BCUT2D eigenvalue weighted by atomic mass is 10.2. The van der Waals surface area contributed by atoms with Crippen LogP contribution in [0.15, 0.2) is 12.2 Å². The Morgan fingerprint density at radius 2 is 1.89 bits per heavy atom. The van der Waals surface area contributed by atoms with Crippen LogP contribution in [0.4, 0.5) is 0 Å². The molecule has 9 heavy (non-hydrogen) atoms. The number of halogens is 2. The SMILES string of the molecule is CC(Br)/C=C/C(C)(C)Br. The van der Waals surface area contributed by atoms with Crippen molar-refractivity contribution in [3.05, 3.63) is 12.2 Å². The third-order valence-corrected chi connectivity index (χ3v) is 1.33. The van der Waals surface area contributed by atoms with Gasteiger partial charge in [0.25, 0.3) is 0 Å². The molecule has 0 nitrogen and oxygen atoms in total. The fourth-order valence-electron chi connectivity index (χ4n) is 0.361. The first-order valence-electron chi connectivity index (χ1n) is 2.94. The van der Waals surface area contributed by atoms with E-state index in [-0.39, 0.29) is 4.32 Å². The Bertz CT molecular complexity index is 98.0. The van der Waals surface area contributed by atoms with E-state index in [4.69, 9.17) is 0 Å². The van der Waals surface area contributed by atoms with Crippen LogP contribution in [0.5, 0.6) is 0 Å². The molecule has 0 amide bonds. The number of allylic oxidation sites excluding steroid dienone is 2. The van der Waals surface area contributed by atoms with Crippen molar-refractivity contribution in [2.45, 2.75) is 29.9 Å². The molecule has 0 N–H and O–H groups in total. The normalized spacial score (nSPS) is 16.6. The second kappa shape index (κ2) is 3.77. The summed E-state index contributed by atoms with van der Waals surface area (Å²) in [4.78, 5) is 0.467. The molecule has 0 spiro atoms. The first kappa shape index (κ1) is 9.70. The summed E-state index contributed by atoms with van der Waals surface area (Å²) in [5, 5.41) is 0. The molecule has 0 radical (unpaired) electrons. The number of hydrogen-bond donors (Lipinski definition) is 0. The van der Waals surface area contributed by atoms with Crippen LogP contribution < -0.4 is 0 Å². The fraction of sp³-hybridized carbons (Fsp3) is 0.714. The molecule has 0 fully saturated rings. The van der Waals surface area contributed by atoms with Crippen molar-refractivity contribution in [3.8, 4) is 0 Å². The van der Waals surface area contributed by atoms with E-state index in [0.717, 1.165) is 0 Å². The molecule has 2 heteroatoms. The summed E-state index contributed by atoms with van der Waals surface area (Å²) in [6.45, 7) is 6.31. The van der Waals surface area contributed by atoms with Crippen molar-refractivity contribution in [1.29, 1.82) is 0 Å². The minimum Gasteiger partial charge on any atom is -0.0848 e. The van der Waals surface area contributed by atoms with Crippen molar-refractivity contribution < 1.29 is 0 Å². The lowest BCUT2D eigenvalue weighted by Gasteiger charge is -2.08. The summed E-state index contributed by atoms with van der Waals surface area (Å²) in [5.41, 5.74) is 0. The van der Waals surface area contributed by atoms with E-state index < -0.39 is 0 Å². The molecule has 0 aliphatic carbocycles. The molecule has 0 aromatic heterocycles. The Morgan fingerprint density at radius 3 is 2.00 bits per heavy atom. The lowest BCUT2D eigenvalue weighted by Crippen LogP contribution is -2.03. The van der Waals surface area contributed by atoms with E-state index >= 15 is 0 Å². The topological polar surface area (TPSA) is 0 Å². The zero-order chi connectivity index (χ0) is 7.49. The Kier molecular flexibility index (Phi) is 4.06. The van der Waals surface area contributed by atoms with Crippen LogP contribution in [0.25, 0.3) is 0 Å². The zero-order valence-electron chi connectivity index (χ0n) is 5.99. The standard InChI is InChI=1S/C7H12Br2/c1-6(8)4-5-7(2,3)9/h4-6H,1-3H3/b5-4+. The summed E-state index contributed by atoms with van der Waals surface area (Å²) in [5.74, 6) is 0. The number of hydrogen-bond acceptors (Lipinski definition) is 0. The Hall–Kier alpha value is 0.700. The summed E-state index contributed by atoms with van der Waals surface area (Å²) in [6.07, 6.45) is 4.25. The van der Waals surface area contributed by atoms with E-state index in [1.54, 1.807) is 0 Å². The van der Waals surface area contributed by atoms with Crippen molar-refractivity contribution in [3.63, 3.8) is 0 Å². The minimum absolute atomic E-state index is 0.134. The van der Waals surface area contributed by atoms with Gasteiger partial charge < -0.3 is 0 Å². The number of rotatable bonds is 2. The Balaban J connectivity index is 3.71. The van der Waals surface area contributed by atoms with E-state index in [1.807, 2.05) is 0 Å². The highest BCUT2D eigenvalue weighted by molar-refractivity contribution is 9.10. The van der Waals surface area contributed by atoms with E-state index in [2.05, 4.69) is 64.8 Å². The van der Waals surface area contributed by atoms with Gasteiger partial charge in [-0.1, -0.05) is 44.0 Å². The molecule has 0 aromatic rings. The van der Waals surface area contributed by atoms with Crippen LogP contribution in [-0.4, -0.2) is 9.15 Å². The maximum absolute atomic E-state index is 3.50. The third-order valence-electron chi connectivity index (χ3n) is 0.758. The number of alkyl halides is 2. The zero-order valence-corrected chi connectivity index (χ0v) is 9.16. The van der Waals surface area contributed by atoms with Gasteiger partial charge in [0.05, 0.1) is 0 Å². The highest BCUT2D eigenvalue weighted by atomic mass is 79.9. The van der Waals surface area contributed by atoms with Crippen LogP contribution in [0, 0.1) is 0 Å². The molecule has 0 heterocycles. The predicted octanol–water partition coefficient (Wildman–Crippen LogP) is 3.50. The van der Waals surface area contributed by atoms with Gasteiger partial charge in [0.1, 0.15) is 0 Å². The van der Waals surface area contributed by atoms with Gasteiger partial charge in [0.15, 0.2) is 0 Å². The molecule has 0 aliphatic heterocycles. The van der Waals surface area contributed by atoms with Gasteiger partial charge in [-0.3, -0.25) is 0 Å². The van der Waals surface area contributed by atoms with E-state index in [9.17, 15) is 0 Å². The van der Waals surface area contributed by atoms with Crippen molar-refractivity contribution >= 4 is 31.9 Å². The Morgan fingerprint density at radius 1 is 1.44 bits per heavy atom. The third kappa shape index (κ3) is 8.70.